The monoisotopic (exact) mass is 286 g/mol. The summed E-state index contributed by atoms with van der Waals surface area (Å²) in [6, 6.07) is 14.3. The highest BCUT2D eigenvalue weighted by atomic mass is 19.1. The van der Waals surface area contributed by atoms with Crippen LogP contribution in [0.1, 0.15) is 30.4 Å². The van der Waals surface area contributed by atoms with Crippen LogP contribution < -0.4 is 4.74 Å². The minimum absolute atomic E-state index is 0.238. The number of carbonyl (C=O) groups excluding carboxylic acids is 1. The summed E-state index contributed by atoms with van der Waals surface area (Å²) in [6.45, 7) is 0.430. The minimum atomic E-state index is -0.238. The Bertz CT molecular complexity index is 546. The van der Waals surface area contributed by atoms with Crippen LogP contribution in [0.15, 0.2) is 48.5 Å². The van der Waals surface area contributed by atoms with Gasteiger partial charge in [0.05, 0.1) is 0 Å². The summed E-state index contributed by atoms with van der Waals surface area (Å²) < 4.78 is 18.4. The maximum atomic E-state index is 12.8. The molecular formula is C18H19FO2. The van der Waals surface area contributed by atoms with E-state index in [1.54, 1.807) is 12.1 Å². The number of aryl methyl sites for hydroxylation is 1. The maximum absolute atomic E-state index is 12.8. The minimum Gasteiger partial charge on any atom is -0.489 e. The molecule has 0 fully saturated rings. The third-order valence-electron chi connectivity index (χ3n) is 3.28. The van der Waals surface area contributed by atoms with Crippen LogP contribution in [0.3, 0.4) is 0 Å². The smallest absolute Gasteiger partial charge is 0.123 e. The quantitative estimate of drug-likeness (QED) is 0.533. The number of aldehydes is 1. The van der Waals surface area contributed by atoms with Crippen LogP contribution in [-0.2, 0) is 17.8 Å². The molecule has 0 unspecified atom stereocenters. The lowest BCUT2D eigenvalue weighted by Gasteiger charge is -2.07. The van der Waals surface area contributed by atoms with Crippen molar-refractivity contribution in [2.75, 3.05) is 0 Å². The van der Waals surface area contributed by atoms with Gasteiger partial charge in [-0.25, -0.2) is 4.39 Å². The van der Waals surface area contributed by atoms with Crippen molar-refractivity contribution in [3.8, 4) is 5.75 Å². The third-order valence-corrected chi connectivity index (χ3v) is 3.28. The third kappa shape index (κ3) is 5.38. The van der Waals surface area contributed by atoms with E-state index in [1.165, 1.54) is 17.7 Å². The van der Waals surface area contributed by atoms with Gasteiger partial charge >= 0.3 is 0 Å². The van der Waals surface area contributed by atoms with Crippen molar-refractivity contribution in [1.82, 2.24) is 0 Å². The molecule has 2 aromatic carbocycles. The van der Waals surface area contributed by atoms with Gasteiger partial charge in [-0.05, 0) is 54.7 Å². The van der Waals surface area contributed by atoms with E-state index in [9.17, 15) is 9.18 Å². The second kappa shape index (κ2) is 8.20. The van der Waals surface area contributed by atoms with Crippen LogP contribution in [0.5, 0.6) is 5.75 Å². The van der Waals surface area contributed by atoms with Crippen LogP contribution >= 0.6 is 0 Å². The second-order valence-electron chi connectivity index (χ2n) is 4.97. The molecule has 0 radical (unpaired) electrons. The number of hydrogen-bond donors (Lipinski definition) is 0. The molecule has 2 aromatic rings. The summed E-state index contributed by atoms with van der Waals surface area (Å²) in [5, 5.41) is 0. The van der Waals surface area contributed by atoms with Crippen molar-refractivity contribution >= 4 is 6.29 Å². The first-order valence-corrected chi connectivity index (χ1v) is 7.18. The first-order chi connectivity index (χ1) is 10.3. The van der Waals surface area contributed by atoms with Gasteiger partial charge in [-0.15, -0.1) is 0 Å². The van der Waals surface area contributed by atoms with Crippen LogP contribution in [0, 0.1) is 5.82 Å². The molecule has 3 heteroatoms. The molecule has 110 valence electrons. The van der Waals surface area contributed by atoms with E-state index in [0.717, 1.165) is 36.9 Å². The Hall–Kier alpha value is -2.16. The van der Waals surface area contributed by atoms with Crippen molar-refractivity contribution in [2.24, 2.45) is 0 Å². The summed E-state index contributed by atoms with van der Waals surface area (Å²) in [5.74, 6) is 0.564. The predicted octanol–water partition coefficient (Wildman–Crippen LogP) is 4.32. The Morgan fingerprint density at radius 2 is 1.57 bits per heavy atom. The Balaban J connectivity index is 1.79. The van der Waals surface area contributed by atoms with Crippen molar-refractivity contribution in [2.45, 2.75) is 32.3 Å². The van der Waals surface area contributed by atoms with Gasteiger partial charge in [0.25, 0.3) is 0 Å². The molecule has 0 saturated carbocycles. The molecule has 0 atom stereocenters. The number of unbranched alkanes of at least 4 members (excludes halogenated alkanes) is 2. The average molecular weight is 286 g/mol. The lowest BCUT2D eigenvalue weighted by atomic mass is 10.1. The Kier molecular flexibility index (Phi) is 5.95. The standard InChI is InChI=1S/C18H19FO2/c19-17-9-5-16(6-10-17)14-21-18-11-7-15(8-12-18)4-2-1-3-13-20/h5-13H,1-4,14H2. The second-order valence-corrected chi connectivity index (χ2v) is 4.97. The largest absolute Gasteiger partial charge is 0.489 e. The Morgan fingerprint density at radius 1 is 0.905 bits per heavy atom. The van der Waals surface area contributed by atoms with Crippen LogP contribution in [-0.4, -0.2) is 6.29 Å². The van der Waals surface area contributed by atoms with Gasteiger partial charge in [0.15, 0.2) is 0 Å². The van der Waals surface area contributed by atoms with Crippen molar-refractivity contribution in [3.05, 3.63) is 65.5 Å². The number of carbonyl (C=O) groups is 1. The van der Waals surface area contributed by atoms with E-state index >= 15 is 0 Å². The molecule has 2 nitrogen and oxygen atoms in total. The summed E-state index contributed by atoms with van der Waals surface area (Å²) in [6.07, 6.45) is 4.54. The normalized spacial score (nSPS) is 10.3. The Morgan fingerprint density at radius 3 is 2.24 bits per heavy atom. The summed E-state index contributed by atoms with van der Waals surface area (Å²) in [5.41, 5.74) is 2.18. The summed E-state index contributed by atoms with van der Waals surface area (Å²) in [7, 11) is 0. The van der Waals surface area contributed by atoms with Gasteiger partial charge < -0.3 is 9.53 Å². The molecule has 2 rings (SSSR count). The number of rotatable bonds is 8. The molecule has 0 amide bonds. The molecule has 0 aromatic heterocycles. The molecule has 0 aliphatic carbocycles. The fourth-order valence-electron chi connectivity index (χ4n) is 2.06. The zero-order valence-corrected chi connectivity index (χ0v) is 11.9. The van der Waals surface area contributed by atoms with Gasteiger partial charge in [0.1, 0.15) is 24.5 Å². The molecule has 0 aliphatic rings. The van der Waals surface area contributed by atoms with Crippen molar-refractivity contribution < 1.29 is 13.9 Å². The van der Waals surface area contributed by atoms with Gasteiger partial charge in [0.2, 0.25) is 0 Å². The number of halogens is 1. The topological polar surface area (TPSA) is 26.3 Å². The van der Waals surface area contributed by atoms with Crippen LogP contribution in [0.2, 0.25) is 0 Å². The highest BCUT2D eigenvalue weighted by molar-refractivity contribution is 5.48. The summed E-state index contributed by atoms with van der Waals surface area (Å²) >= 11 is 0. The van der Waals surface area contributed by atoms with E-state index in [1.807, 2.05) is 24.3 Å². The molecule has 21 heavy (non-hydrogen) atoms. The highest BCUT2D eigenvalue weighted by Gasteiger charge is 1.98. The fraction of sp³-hybridized carbons (Fsp3) is 0.278. The number of hydrogen-bond acceptors (Lipinski definition) is 2. The van der Waals surface area contributed by atoms with Gasteiger partial charge in [-0.3, -0.25) is 0 Å². The van der Waals surface area contributed by atoms with E-state index in [-0.39, 0.29) is 5.82 Å². The molecular weight excluding hydrogens is 267 g/mol. The molecule has 0 bridgehead atoms. The van der Waals surface area contributed by atoms with Crippen molar-refractivity contribution in [1.29, 1.82) is 0 Å². The van der Waals surface area contributed by atoms with Crippen molar-refractivity contribution in [3.63, 3.8) is 0 Å². The zero-order valence-electron chi connectivity index (χ0n) is 11.9. The molecule has 0 heterocycles. The number of benzene rings is 2. The SMILES string of the molecule is O=CCCCCc1ccc(OCc2ccc(F)cc2)cc1. The highest BCUT2D eigenvalue weighted by Crippen LogP contribution is 2.16. The lowest BCUT2D eigenvalue weighted by molar-refractivity contribution is -0.107. The number of ether oxygens (including phenoxy) is 1. The van der Waals surface area contributed by atoms with Gasteiger partial charge in [-0.1, -0.05) is 24.3 Å². The molecule has 0 N–H and O–H groups in total. The van der Waals surface area contributed by atoms with E-state index in [0.29, 0.717) is 13.0 Å². The predicted molar refractivity (Wildman–Crippen MR) is 80.8 cm³/mol. The average Bonchev–Trinajstić information content (AvgIpc) is 2.52. The maximum Gasteiger partial charge on any atom is 0.123 e. The molecule has 0 saturated heterocycles. The van der Waals surface area contributed by atoms with Crippen LogP contribution in [0.4, 0.5) is 4.39 Å². The zero-order chi connectivity index (χ0) is 14.9. The molecule has 0 spiro atoms. The van der Waals surface area contributed by atoms with Crippen LogP contribution in [0.25, 0.3) is 0 Å². The lowest BCUT2D eigenvalue weighted by Crippen LogP contribution is -1.95. The fourth-order valence-corrected chi connectivity index (χ4v) is 2.06. The first kappa shape index (κ1) is 15.2. The van der Waals surface area contributed by atoms with E-state index in [2.05, 4.69) is 0 Å². The van der Waals surface area contributed by atoms with E-state index in [4.69, 9.17) is 4.74 Å². The van der Waals surface area contributed by atoms with Gasteiger partial charge in [0, 0.05) is 6.42 Å². The molecule has 0 aliphatic heterocycles. The van der Waals surface area contributed by atoms with Gasteiger partial charge in [-0.2, -0.15) is 0 Å². The summed E-state index contributed by atoms with van der Waals surface area (Å²) in [4.78, 5) is 10.2. The van der Waals surface area contributed by atoms with E-state index < -0.39 is 0 Å². The Labute approximate surface area is 124 Å². The first-order valence-electron chi connectivity index (χ1n) is 7.18.